The van der Waals surface area contributed by atoms with Crippen LogP contribution in [0.15, 0.2) is 22.7 Å². The third kappa shape index (κ3) is 2.19. The van der Waals surface area contributed by atoms with Crippen LogP contribution in [0.4, 0.5) is 17.4 Å². The second-order valence-electron chi connectivity index (χ2n) is 3.01. The van der Waals surface area contributed by atoms with E-state index in [4.69, 9.17) is 21.9 Å². The summed E-state index contributed by atoms with van der Waals surface area (Å²) in [7, 11) is 0. The molecule has 0 unspecified atom stereocenters. The fourth-order valence-corrected chi connectivity index (χ4v) is 1.27. The lowest BCUT2D eigenvalue weighted by molar-refractivity contribution is 0.428. The number of benzene rings is 1. The minimum atomic E-state index is 0.292. The summed E-state index contributed by atoms with van der Waals surface area (Å²) >= 11 is 5.95. The molecule has 1 heterocycles. The number of nitrogens with zero attached hydrogens (tertiary/aromatic N) is 2. The number of aromatic nitrogens is 2. The van der Waals surface area contributed by atoms with E-state index in [9.17, 15) is 0 Å². The van der Waals surface area contributed by atoms with Crippen LogP contribution in [0.3, 0.4) is 0 Å². The molecule has 0 aliphatic carbocycles. The van der Waals surface area contributed by atoms with Crippen molar-refractivity contribution in [3.8, 4) is 0 Å². The monoisotopic (exact) mass is 224 g/mol. The highest BCUT2D eigenvalue weighted by atomic mass is 35.5. The Morgan fingerprint density at radius 3 is 2.93 bits per heavy atom. The first-order valence-corrected chi connectivity index (χ1v) is 4.65. The van der Waals surface area contributed by atoms with Gasteiger partial charge in [-0.3, -0.25) is 0 Å². The maximum atomic E-state index is 5.95. The Hall–Kier alpha value is -1.75. The van der Waals surface area contributed by atoms with Gasteiger partial charge in [-0.1, -0.05) is 16.8 Å². The highest BCUT2D eigenvalue weighted by molar-refractivity contribution is 6.33. The van der Waals surface area contributed by atoms with Gasteiger partial charge in [-0.25, -0.2) is 0 Å². The molecule has 15 heavy (non-hydrogen) atoms. The Balaban J connectivity index is 2.27. The molecule has 5 nitrogen and oxygen atoms in total. The summed E-state index contributed by atoms with van der Waals surface area (Å²) in [5.74, 6) is 0.553. The number of rotatable bonds is 2. The summed E-state index contributed by atoms with van der Waals surface area (Å²) in [6.45, 7) is 1.73. The minimum absolute atomic E-state index is 0.292. The summed E-state index contributed by atoms with van der Waals surface area (Å²) in [6.07, 6.45) is 0. The number of nitrogens with two attached hydrogens (primary N) is 1. The van der Waals surface area contributed by atoms with Crippen LogP contribution in [0.25, 0.3) is 0 Å². The van der Waals surface area contributed by atoms with Gasteiger partial charge >= 0.3 is 6.01 Å². The average Bonchev–Trinajstić information content (AvgIpc) is 2.58. The minimum Gasteiger partial charge on any atom is -0.399 e. The van der Waals surface area contributed by atoms with Gasteiger partial charge in [-0.15, -0.1) is 0 Å². The molecule has 0 aliphatic rings. The van der Waals surface area contributed by atoms with Crippen molar-refractivity contribution in [3.05, 3.63) is 29.0 Å². The van der Waals surface area contributed by atoms with Crippen LogP contribution in [0, 0.1) is 6.92 Å². The van der Waals surface area contributed by atoms with Gasteiger partial charge in [-0.2, -0.15) is 4.98 Å². The van der Waals surface area contributed by atoms with Crippen molar-refractivity contribution in [2.24, 2.45) is 0 Å². The maximum absolute atomic E-state index is 5.95. The lowest BCUT2D eigenvalue weighted by Gasteiger charge is -2.04. The molecule has 1 aromatic carbocycles. The van der Waals surface area contributed by atoms with Gasteiger partial charge in [0.05, 0.1) is 10.7 Å². The average molecular weight is 225 g/mol. The molecule has 0 amide bonds. The number of aryl methyl sites for hydroxylation is 1. The number of hydrogen-bond acceptors (Lipinski definition) is 5. The zero-order valence-corrected chi connectivity index (χ0v) is 8.75. The first kappa shape index (κ1) is 9.79. The second-order valence-corrected chi connectivity index (χ2v) is 3.42. The molecule has 0 aliphatic heterocycles. The van der Waals surface area contributed by atoms with Gasteiger partial charge in [0.2, 0.25) is 0 Å². The van der Waals surface area contributed by atoms with Crippen LogP contribution in [0.1, 0.15) is 5.82 Å². The van der Waals surface area contributed by atoms with E-state index in [-0.39, 0.29) is 0 Å². The van der Waals surface area contributed by atoms with Crippen molar-refractivity contribution in [3.63, 3.8) is 0 Å². The fraction of sp³-hybridized carbons (Fsp3) is 0.111. The van der Waals surface area contributed by atoms with Gasteiger partial charge in [0.15, 0.2) is 5.82 Å². The highest BCUT2D eigenvalue weighted by Gasteiger charge is 2.05. The van der Waals surface area contributed by atoms with E-state index in [1.165, 1.54) is 0 Å². The van der Waals surface area contributed by atoms with E-state index in [0.717, 1.165) is 0 Å². The molecule has 6 heteroatoms. The van der Waals surface area contributed by atoms with Crippen molar-refractivity contribution in [2.45, 2.75) is 6.92 Å². The standard InChI is InChI=1S/C9H9ClN4O/c1-5-12-9(15-14-5)13-8-4-6(11)2-3-7(8)10/h2-4H,11H2,1H3,(H,12,13,14). The van der Waals surface area contributed by atoms with Crippen molar-refractivity contribution in [1.82, 2.24) is 10.1 Å². The molecule has 3 N–H and O–H groups in total. The van der Waals surface area contributed by atoms with E-state index >= 15 is 0 Å². The Kier molecular flexibility index (Phi) is 2.47. The summed E-state index contributed by atoms with van der Waals surface area (Å²) < 4.78 is 4.89. The number of hydrogen-bond donors (Lipinski definition) is 2. The Bertz CT molecular complexity index is 483. The first-order valence-electron chi connectivity index (χ1n) is 4.27. The topological polar surface area (TPSA) is 77.0 Å². The number of nitrogens with one attached hydrogen (secondary N) is 1. The Morgan fingerprint density at radius 2 is 2.27 bits per heavy atom. The number of anilines is 3. The molecule has 0 radical (unpaired) electrons. The van der Waals surface area contributed by atoms with Crippen molar-refractivity contribution in [2.75, 3.05) is 11.1 Å². The SMILES string of the molecule is Cc1noc(Nc2cc(N)ccc2Cl)n1. The molecular weight excluding hydrogens is 216 g/mol. The lowest BCUT2D eigenvalue weighted by Crippen LogP contribution is -1.93. The predicted molar refractivity (Wildman–Crippen MR) is 58.2 cm³/mol. The summed E-state index contributed by atoms with van der Waals surface area (Å²) in [5.41, 5.74) is 6.87. The third-order valence-corrected chi connectivity index (χ3v) is 2.09. The zero-order chi connectivity index (χ0) is 10.8. The lowest BCUT2D eigenvalue weighted by atomic mass is 10.3. The Morgan fingerprint density at radius 1 is 1.47 bits per heavy atom. The molecule has 1 aromatic heterocycles. The van der Waals surface area contributed by atoms with Gasteiger partial charge in [0.25, 0.3) is 0 Å². The predicted octanol–water partition coefficient (Wildman–Crippen LogP) is 2.36. The summed E-state index contributed by atoms with van der Waals surface area (Å²) in [4.78, 5) is 3.99. The highest BCUT2D eigenvalue weighted by Crippen LogP contribution is 2.26. The molecule has 0 fully saturated rings. The maximum Gasteiger partial charge on any atom is 0.325 e. The van der Waals surface area contributed by atoms with E-state index in [1.54, 1.807) is 25.1 Å². The molecule has 0 saturated carbocycles. The van der Waals surface area contributed by atoms with Crippen molar-refractivity contribution >= 4 is 29.0 Å². The molecule has 2 rings (SSSR count). The van der Waals surface area contributed by atoms with Crippen LogP contribution in [-0.2, 0) is 0 Å². The molecule has 0 bridgehead atoms. The van der Waals surface area contributed by atoms with Crippen LogP contribution < -0.4 is 11.1 Å². The van der Waals surface area contributed by atoms with E-state index in [0.29, 0.717) is 28.2 Å². The smallest absolute Gasteiger partial charge is 0.325 e. The quantitative estimate of drug-likeness (QED) is 0.766. The van der Waals surface area contributed by atoms with Gasteiger partial charge < -0.3 is 15.6 Å². The number of halogens is 1. The van der Waals surface area contributed by atoms with Crippen LogP contribution in [0.5, 0.6) is 0 Å². The van der Waals surface area contributed by atoms with Crippen molar-refractivity contribution < 1.29 is 4.52 Å². The second kappa shape index (κ2) is 3.78. The van der Waals surface area contributed by atoms with E-state index in [2.05, 4.69) is 15.5 Å². The largest absolute Gasteiger partial charge is 0.399 e. The van der Waals surface area contributed by atoms with Gasteiger partial charge in [0, 0.05) is 5.69 Å². The van der Waals surface area contributed by atoms with E-state index in [1.807, 2.05) is 0 Å². The van der Waals surface area contributed by atoms with Gasteiger partial charge in [-0.05, 0) is 25.1 Å². The molecule has 0 atom stereocenters. The van der Waals surface area contributed by atoms with Crippen molar-refractivity contribution in [1.29, 1.82) is 0 Å². The van der Waals surface area contributed by atoms with Crippen LogP contribution >= 0.6 is 11.6 Å². The van der Waals surface area contributed by atoms with Crippen LogP contribution in [0.2, 0.25) is 5.02 Å². The Labute approximate surface area is 91.2 Å². The van der Waals surface area contributed by atoms with E-state index < -0.39 is 0 Å². The van der Waals surface area contributed by atoms with Gasteiger partial charge in [0.1, 0.15) is 0 Å². The third-order valence-electron chi connectivity index (χ3n) is 1.76. The summed E-state index contributed by atoms with van der Waals surface area (Å²) in [6, 6.07) is 5.40. The molecule has 0 spiro atoms. The number of nitrogen functional groups attached to an aromatic ring is 1. The normalized spacial score (nSPS) is 10.3. The first-order chi connectivity index (χ1) is 7.15. The zero-order valence-electron chi connectivity index (χ0n) is 7.99. The fourth-order valence-electron chi connectivity index (χ4n) is 1.10. The summed E-state index contributed by atoms with van der Waals surface area (Å²) in [5, 5.41) is 7.07. The molecular formula is C9H9ClN4O. The molecule has 78 valence electrons. The van der Waals surface area contributed by atoms with Crippen LogP contribution in [-0.4, -0.2) is 10.1 Å². The molecule has 2 aromatic rings. The molecule has 0 saturated heterocycles.